The molecule has 1 aromatic heterocycles. The molecule has 0 aliphatic rings. The molecule has 0 fully saturated rings. The first-order valence-electron chi connectivity index (χ1n) is 7.74. The average molecular weight is 310 g/mol. The Balaban J connectivity index is 0.000000236. The highest BCUT2D eigenvalue weighted by Gasteiger charge is 2.00. The van der Waals surface area contributed by atoms with Crippen LogP contribution in [0.3, 0.4) is 0 Å². The third-order valence-electron chi connectivity index (χ3n) is 3.70. The summed E-state index contributed by atoms with van der Waals surface area (Å²) in [6.45, 7) is 6.31. The van der Waals surface area contributed by atoms with Crippen LogP contribution in [0.4, 0.5) is 0 Å². The summed E-state index contributed by atoms with van der Waals surface area (Å²) in [6.07, 6.45) is 4.78. The highest BCUT2D eigenvalue weighted by Crippen LogP contribution is 2.18. The number of hydrogen-bond donors (Lipinski definition) is 0. The summed E-state index contributed by atoms with van der Waals surface area (Å²) in [5, 5.41) is 2.53. The van der Waals surface area contributed by atoms with E-state index in [1.165, 1.54) is 10.8 Å². The molecule has 2 aromatic carbocycles. The number of hydrogen-bond acceptors (Lipinski definition) is 3. The first-order chi connectivity index (χ1) is 11.2. The van der Waals surface area contributed by atoms with Crippen LogP contribution in [0.1, 0.15) is 26.1 Å². The number of carbonyl (C=O) groups is 1. The number of carbonyl (C=O) groups excluding carboxylic acids is 1. The summed E-state index contributed by atoms with van der Waals surface area (Å²) in [4.78, 5) is 13.8. The molecule has 4 nitrogen and oxygen atoms in total. The van der Waals surface area contributed by atoms with E-state index in [1.807, 2.05) is 33.2 Å². The number of ether oxygens (including phenoxy) is 1. The van der Waals surface area contributed by atoms with Crippen LogP contribution in [0.5, 0.6) is 0 Å². The third-order valence-corrected chi connectivity index (χ3v) is 3.70. The Morgan fingerprint density at radius 2 is 1.96 bits per heavy atom. The van der Waals surface area contributed by atoms with Crippen molar-refractivity contribution in [3.8, 4) is 5.69 Å². The monoisotopic (exact) mass is 310 g/mol. The maximum atomic E-state index is 9.55. The van der Waals surface area contributed by atoms with Crippen LogP contribution in [0, 0.1) is 6.92 Å². The predicted molar refractivity (Wildman–Crippen MR) is 92.7 cm³/mol. The summed E-state index contributed by atoms with van der Waals surface area (Å²) in [5.41, 5.74) is 1.16. The minimum atomic E-state index is 0.0810. The fourth-order valence-corrected chi connectivity index (χ4v) is 2.17. The van der Waals surface area contributed by atoms with Gasteiger partial charge < -0.3 is 9.30 Å². The SMILES string of the molecule is CCC(C)OC=O.Cc1nccn1-c1ccc2ccccc2c1. The Kier molecular flexibility index (Phi) is 5.92. The first kappa shape index (κ1) is 16.7. The zero-order valence-electron chi connectivity index (χ0n) is 13.8. The number of aromatic nitrogens is 2. The second-order valence-corrected chi connectivity index (χ2v) is 5.33. The molecule has 0 aliphatic heterocycles. The van der Waals surface area contributed by atoms with Crippen LogP contribution in [0.2, 0.25) is 0 Å². The van der Waals surface area contributed by atoms with Crippen molar-refractivity contribution in [2.45, 2.75) is 33.3 Å². The maximum absolute atomic E-state index is 9.55. The van der Waals surface area contributed by atoms with E-state index in [0.717, 1.165) is 17.9 Å². The van der Waals surface area contributed by atoms with Gasteiger partial charge in [0, 0.05) is 18.1 Å². The second kappa shape index (κ2) is 8.13. The van der Waals surface area contributed by atoms with Crippen LogP contribution in [0.25, 0.3) is 16.5 Å². The van der Waals surface area contributed by atoms with Gasteiger partial charge in [-0.15, -0.1) is 0 Å². The van der Waals surface area contributed by atoms with E-state index in [0.29, 0.717) is 6.47 Å². The average Bonchev–Trinajstić information content (AvgIpc) is 3.01. The zero-order valence-corrected chi connectivity index (χ0v) is 13.8. The lowest BCUT2D eigenvalue weighted by Gasteiger charge is -2.06. The molecule has 1 unspecified atom stereocenters. The maximum Gasteiger partial charge on any atom is 0.293 e. The van der Waals surface area contributed by atoms with Crippen LogP contribution < -0.4 is 0 Å². The third kappa shape index (κ3) is 4.42. The van der Waals surface area contributed by atoms with Gasteiger partial charge in [-0.25, -0.2) is 4.98 Å². The number of aryl methyl sites for hydroxylation is 1. The van der Waals surface area contributed by atoms with E-state index in [4.69, 9.17) is 0 Å². The molecule has 0 N–H and O–H groups in total. The Morgan fingerprint density at radius 1 is 1.22 bits per heavy atom. The Hall–Kier alpha value is -2.62. The van der Waals surface area contributed by atoms with Gasteiger partial charge in [0.15, 0.2) is 0 Å². The molecular formula is C19H22N2O2. The van der Waals surface area contributed by atoms with Crippen molar-refractivity contribution in [1.29, 1.82) is 0 Å². The molecule has 0 amide bonds. The highest BCUT2D eigenvalue weighted by atomic mass is 16.5. The number of fused-ring (bicyclic) bond motifs is 1. The molecule has 0 radical (unpaired) electrons. The van der Waals surface area contributed by atoms with Crippen molar-refractivity contribution in [2.24, 2.45) is 0 Å². The van der Waals surface area contributed by atoms with Gasteiger partial charge in [0.05, 0.1) is 6.10 Å². The molecule has 3 aromatic rings. The topological polar surface area (TPSA) is 44.1 Å². The van der Waals surface area contributed by atoms with Gasteiger partial charge >= 0.3 is 0 Å². The summed E-state index contributed by atoms with van der Waals surface area (Å²) in [7, 11) is 0. The molecule has 120 valence electrons. The summed E-state index contributed by atoms with van der Waals surface area (Å²) >= 11 is 0. The van der Waals surface area contributed by atoms with E-state index >= 15 is 0 Å². The van der Waals surface area contributed by atoms with Crippen molar-refractivity contribution >= 4 is 17.2 Å². The lowest BCUT2D eigenvalue weighted by atomic mass is 10.1. The molecule has 3 rings (SSSR count). The molecule has 0 spiro atoms. The van der Waals surface area contributed by atoms with Crippen LogP contribution >= 0.6 is 0 Å². The first-order valence-corrected chi connectivity index (χ1v) is 7.74. The van der Waals surface area contributed by atoms with Crippen molar-refractivity contribution in [1.82, 2.24) is 9.55 Å². The van der Waals surface area contributed by atoms with Gasteiger partial charge in [0.2, 0.25) is 0 Å². The van der Waals surface area contributed by atoms with E-state index in [9.17, 15) is 4.79 Å². The van der Waals surface area contributed by atoms with Gasteiger partial charge in [0.1, 0.15) is 5.82 Å². The summed E-state index contributed by atoms with van der Waals surface area (Å²) in [6, 6.07) is 14.8. The second-order valence-electron chi connectivity index (χ2n) is 5.33. The molecule has 4 heteroatoms. The molecule has 0 aliphatic carbocycles. The molecule has 1 atom stereocenters. The zero-order chi connectivity index (χ0) is 16.7. The molecule has 1 heterocycles. The van der Waals surface area contributed by atoms with E-state index in [-0.39, 0.29) is 6.10 Å². The largest absolute Gasteiger partial charge is 0.465 e. The van der Waals surface area contributed by atoms with Gasteiger partial charge in [-0.05, 0) is 43.2 Å². The number of rotatable bonds is 4. The van der Waals surface area contributed by atoms with Gasteiger partial charge in [-0.3, -0.25) is 4.79 Å². The molecule has 0 bridgehead atoms. The summed E-state index contributed by atoms with van der Waals surface area (Å²) in [5.74, 6) is 1.01. The number of imidazole rings is 1. The fraction of sp³-hybridized carbons (Fsp3) is 0.263. The number of benzene rings is 2. The standard InChI is InChI=1S/C14H12N2.C5H10O2/c1-11-15-8-9-16(11)14-7-6-12-4-2-3-5-13(12)10-14;1-3-5(2)7-4-6/h2-10H,1H3;4-5H,3H2,1-2H3. The Morgan fingerprint density at radius 3 is 2.52 bits per heavy atom. The van der Waals surface area contributed by atoms with Crippen molar-refractivity contribution < 1.29 is 9.53 Å². The van der Waals surface area contributed by atoms with Gasteiger partial charge in [0.25, 0.3) is 6.47 Å². The van der Waals surface area contributed by atoms with Crippen molar-refractivity contribution in [3.05, 3.63) is 60.7 Å². The molecular weight excluding hydrogens is 288 g/mol. The van der Waals surface area contributed by atoms with Gasteiger partial charge in [-0.1, -0.05) is 37.3 Å². The lowest BCUT2D eigenvalue weighted by Crippen LogP contribution is -2.03. The molecule has 0 saturated carbocycles. The van der Waals surface area contributed by atoms with E-state index in [1.54, 1.807) is 0 Å². The van der Waals surface area contributed by atoms with Crippen LogP contribution in [-0.4, -0.2) is 22.1 Å². The molecule has 0 saturated heterocycles. The van der Waals surface area contributed by atoms with Crippen molar-refractivity contribution in [2.75, 3.05) is 0 Å². The smallest absolute Gasteiger partial charge is 0.293 e. The Bertz CT molecular complexity index is 765. The fourth-order valence-electron chi connectivity index (χ4n) is 2.17. The van der Waals surface area contributed by atoms with Crippen LogP contribution in [0.15, 0.2) is 54.9 Å². The minimum absolute atomic E-state index is 0.0810. The van der Waals surface area contributed by atoms with Crippen LogP contribution in [-0.2, 0) is 9.53 Å². The predicted octanol–water partition coefficient (Wildman–Crippen LogP) is 4.29. The summed E-state index contributed by atoms with van der Waals surface area (Å²) < 4.78 is 6.60. The van der Waals surface area contributed by atoms with E-state index in [2.05, 4.69) is 56.8 Å². The quantitative estimate of drug-likeness (QED) is 0.675. The normalized spacial score (nSPS) is 11.4. The Labute approximate surface area is 136 Å². The minimum Gasteiger partial charge on any atom is -0.465 e. The van der Waals surface area contributed by atoms with E-state index < -0.39 is 0 Å². The van der Waals surface area contributed by atoms with Gasteiger partial charge in [-0.2, -0.15) is 0 Å². The number of nitrogens with zero attached hydrogens (tertiary/aromatic N) is 2. The highest BCUT2D eigenvalue weighted by molar-refractivity contribution is 5.84. The molecule has 23 heavy (non-hydrogen) atoms. The lowest BCUT2D eigenvalue weighted by molar-refractivity contribution is -0.132. The van der Waals surface area contributed by atoms with Crippen molar-refractivity contribution in [3.63, 3.8) is 0 Å².